The van der Waals surface area contributed by atoms with Gasteiger partial charge in [0.25, 0.3) is 11.8 Å². The van der Waals surface area contributed by atoms with Gasteiger partial charge in [-0.1, -0.05) is 48.5 Å². The summed E-state index contributed by atoms with van der Waals surface area (Å²) in [7, 11) is 3.98. The predicted molar refractivity (Wildman–Crippen MR) is 144 cm³/mol. The predicted octanol–water partition coefficient (Wildman–Crippen LogP) is 2.12. The Bertz CT molecular complexity index is 1230. The number of hydrogen-bond acceptors (Lipinski definition) is 7. The second-order valence-electron chi connectivity index (χ2n) is 9.15. The number of aliphatic hydroxyl groups is 1. The Morgan fingerprint density at radius 1 is 1.05 bits per heavy atom. The topological polar surface area (TPSA) is 110 Å². The standard InChI is InChI=1S/C28H32N6O3/c1-33(2)22-12-8-11-21(15-22)18-29-19-25(35)23(16-20-9-4-3-5-10-20)31-28(37)24-17-27(36)34(32-24)26-13-6-7-14-30-26/h3-15,23,25,29,35H,16-19H2,1-2H3,(H,31,37)/t23-,25+/m0/s1. The van der Waals surface area contributed by atoms with Crippen molar-refractivity contribution in [3.05, 3.63) is 90.1 Å². The molecule has 0 radical (unpaired) electrons. The van der Waals surface area contributed by atoms with Crippen LogP contribution in [0.1, 0.15) is 17.5 Å². The Kier molecular flexibility index (Phi) is 8.60. The van der Waals surface area contributed by atoms with Crippen molar-refractivity contribution in [2.45, 2.75) is 31.5 Å². The summed E-state index contributed by atoms with van der Waals surface area (Å²) in [6, 6.07) is 22.4. The van der Waals surface area contributed by atoms with E-state index < -0.39 is 18.1 Å². The molecule has 0 spiro atoms. The molecule has 0 aliphatic carbocycles. The molecule has 1 aliphatic heterocycles. The highest BCUT2D eigenvalue weighted by Gasteiger charge is 2.32. The highest BCUT2D eigenvalue weighted by atomic mass is 16.3. The third kappa shape index (κ3) is 6.99. The summed E-state index contributed by atoms with van der Waals surface area (Å²) in [5.41, 5.74) is 3.26. The Labute approximate surface area is 216 Å². The molecule has 2 atom stereocenters. The average Bonchev–Trinajstić information content (AvgIpc) is 3.31. The van der Waals surface area contributed by atoms with Crippen molar-refractivity contribution < 1.29 is 14.7 Å². The van der Waals surface area contributed by atoms with Crippen molar-refractivity contribution in [1.29, 1.82) is 0 Å². The number of carbonyl (C=O) groups excluding carboxylic acids is 2. The zero-order valence-electron chi connectivity index (χ0n) is 21.0. The summed E-state index contributed by atoms with van der Waals surface area (Å²) in [5, 5.41) is 22.6. The monoisotopic (exact) mass is 500 g/mol. The Balaban J connectivity index is 1.42. The van der Waals surface area contributed by atoms with Gasteiger partial charge >= 0.3 is 0 Å². The minimum absolute atomic E-state index is 0.0920. The van der Waals surface area contributed by atoms with Gasteiger partial charge in [0.2, 0.25) is 0 Å². The molecular formula is C28H32N6O3. The number of aliphatic hydroxyl groups excluding tert-OH is 1. The van der Waals surface area contributed by atoms with Crippen LogP contribution in [0.5, 0.6) is 0 Å². The van der Waals surface area contributed by atoms with Crippen LogP contribution in [-0.2, 0) is 22.6 Å². The number of rotatable bonds is 11. The number of hydrazone groups is 1. The normalized spacial score (nSPS) is 14.7. The molecule has 4 rings (SSSR count). The smallest absolute Gasteiger partial charge is 0.268 e. The summed E-state index contributed by atoms with van der Waals surface area (Å²) in [5.74, 6) is -0.449. The highest BCUT2D eigenvalue weighted by molar-refractivity contribution is 6.44. The first kappa shape index (κ1) is 26.0. The van der Waals surface area contributed by atoms with Gasteiger partial charge in [-0.15, -0.1) is 0 Å². The van der Waals surface area contributed by atoms with Crippen LogP contribution >= 0.6 is 0 Å². The maximum absolute atomic E-state index is 13.1. The minimum Gasteiger partial charge on any atom is -0.390 e. The van der Waals surface area contributed by atoms with Crippen molar-refractivity contribution in [3.8, 4) is 0 Å². The number of benzene rings is 2. The van der Waals surface area contributed by atoms with Gasteiger partial charge in [0.15, 0.2) is 5.82 Å². The zero-order chi connectivity index (χ0) is 26.2. The van der Waals surface area contributed by atoms with E-state index in [-0.39, 0.29) is 24.6 Å². The second-order valence-corrected chi connectivity index (χ2v) is 9.15. The van der Waals surface area contributed by atoms with Gasteiger partial charge < -0.3 is 20.6 Å². The molecule has 2 amide bonds. The lowest BCUT2D eigenvalue weighted by molar-refractivity contribution is -0.118. The van der Waals surface area contributed by atoms with Crippen LogP contribution in [-0.4, -0.2) is 60.4 Å². The van der Waals surface area contributed by atoms with E-state index in [0.717, 1.165) is 21.8 Å². The lowest BCUT2D eigenvalue weighted by Gasteiger charge is -2.25. The van der Waals surface area contributed by atoms with Gasteiger partial charge in [-0.25, -0.2) is 4.98 Å². The van der Waals surface area contributed by atoms with E-state index in [1.54, 1.807) is 24.4 Å². The second kappa shape index (κ2) is 12.2. The molecule has 1 aromatic heterocycles. The molecule has 192 valence electrons. The van der Waals surface area contributed by atoms with E-state index in [1.165, 1.54) is 0 Å². The van der Waals surface area contributed by atoms with Crippen LogP contribution in [0.25, 0.3) is 0 Å². The maximum atomic E-state index is 13.1. The molecule has 3 aromatic rings. The quantitative estimate of drug-likeness (QED) is 0.372. The third-order valence-corrected chi connectivity index (χ3v) is 6.09. The largest absolute Gasteiger partial charge is 0.390 e. The molecular weight excluding hydrogens is 468 g/mol. The van der Waals surface area contributed by atoms with E-state index in [4.69, 9.17) is 0 Å². The lowest BCUT2D eigenvalue weighted by Crippen LogP contribution is -2.50. The van der Waals surface area contributed by atoms with E-state index in [2.05, 4.69) is 26.8 Å². The molecule has 0 unspecified atom stereocenters. The van der Waals surface area contributed by atoms with Crippen molar-refractivity contribution in [1.82, 2.24) is 15.6 Å². The van der Waals surface area contributed by atoms with E-state index in [0.29, 0.717) is 18.8 Å². The van der Waals surface area contributed by atoms with E-state index in [9.17, 15) is 14.7 Å². The van der Waals surface area contributed by atoms with Crippen LogP contribution in [0.4, 0.5) is 11.5 Å². The minimum atomic E-state index is -0.870. The van der Waals surface area contributed by atoms with Crippen LogP contribution in [0.15, 0.2) is 84.1 Å². The number of amides is 2. The third-order valence-electron chi connectivity index (χ3n) is 6.09. The first-order valence-corrected chi connectivity index (χ1v) is 12.2. The SMILES string of the molecule is CN(C)c1cccc(CNC[C@@H](O)[C@H](Cc2ccccc2)NC(=O)C2=NN(c3ccccn3)C(=O)C2)c1. The number of nitrogens with zero attached hydrogens (tertiary/aromatic N) is 4. The summed E-state index contributed by atoms with van der Waals surface area (Å²) < 4.78 is 0. The van der Waals surface area contributed by atoms with Crippen molar-refractivity contribution in [3.63, 3.8) is 0 Å². The van der Waals surface area contributed by atoms with Crippen LogP contribution < -0.4 is 20.5 Å². The molecule has 0 fully saturated rings. The summed E-state index contributed by atoms with van der Waals surface area (Å²) in [6.07, 6.45) is 0.991. The lowest BCUT2D eigenvalue weighted by atomic mass is 10.0. The number of hydrogen-bond donors (Lipinski definition) is 3. The molecule has 9 nitrogen and oxygen atoms in total. The first-order valence-electron chi connectivity index (χ1n) is 12.2. The molecule has 2 aromatic carbocycles. The zero-order valence-corrected chi connectivity index (χ0v) is 21.0. The van der Waals surface area contributed by atoms with Crippen LogP contribution in [0, 0.1) is 0 Å². The number of aromatic nitrogens is 1. The molecule has 3 N–H and O–H groups in total. The van der Waals surface area contributed by atoms with Gasteiger partial charge in [-0.3, -0.25) is 9.59 Å². The molecule has 1 aliphatic rings. The fourth-order valence-electron chi connectivity index (χ4n) is 4.07. The van der Waals surface area contributed by atoms with Crippen LogP contribution in [0.2, 0.25) is 0 Å². The number of carbonyl (C=O) groups is 2. The van der Waals surface area contributed by atoms with Gasteiger partial charge in [0.05, 0.1) is 18.6 Å². The Morgan fingerprint density at radius 3 is 2.54 bits per heavy atom. The highest BCUT2D eigenvalue weighted by Crippen LogP contribution is 2.18. The number of anilines is 2. The van der Waals surface area contributed by atoms with Gasteiger partial charge in [0, 0.05) is 39.1 Å². The van der Waals surface area contributed by atoms with Gasteiger partial charge in [-0.2, -0.15) is 10.1 Å². The van der Waals surface area contributed by atoms with Gasteiger partial charge in [0.1, 0.15) is 5.71 Å². The van der Waals surface area contributed by atoms with Gasteiger partial charge in [-0.05, 0) is 41.8 Å². The molecule has 2 heterocycles. The average molecular weight is 501 g/mol. The van der Waals surface area contributed by atoms with E-state index >= 15 is 0 Å². The first-order chi connectivity index (χ1) is 17.9. The summed E-state index contributed by atoms with van der Waals surface area (Å²) in [6.45, 7) is 0.848. The van der Waals surface area contributed by atoms with Crippen molar-refractivity contribution in [2.24, 2.45) is 5.10 Å². The molecule has 0 saturated heterocycles. The molecule has 0 saturated carbocycles. The Morgan fingerprint density at radius 2 is 1.81 bits per heavy atom. The van der Waals surface area contributed by atoms with Crippen LogP contribution in [0.3, 0.4) is 0 Å². The maximum Gasteiger partial charge on any atom is 0.268 e. The number of nitrogens with one attached hydrogen (secondary N) is 2. The van der Waals surface area contributed by atoms with Crippen molar-refractivity contribution >= 4 is 29.0 Å². The fraction of sp³-hybridized carbons (Fsp3) is 0.286. The van der Waals surface area contributed by atoms with E-state index in [1.807, 2.05) is 67.5 Å². The summed E-state index contributed by atoms with van der Waals surface area (Å²) in [4.78, 5) is 31.7. The Hall–Kier alpha value is -4.08. The van der Waals surface area contributed by atoms with Crippen molar-refractivity contribution in [2.75, 3.05) is 30.5 Å². The summed E-state index contributed by atoms with van der Waals surface area (Å²) >= 11 is 0. The number of pyridine rings is 1. The molecule has 0 bridgehead atoms. The molecule has 37 heavy (non-hydrogen) atoms. The molecule has 9 heteroatoms. The fourth-order valence-corrected chi connectivity index (χ4v) is 4.07.